The molecule has 0 saturated carbocycles. The van der Waals surface area contributed by atoms with Crippen LogP contribution in [0.3, 0.4) is 0 Å². The number of carbonyl (C=O) groups is 3. The lowest BCUT2D eigenvalue weighted by atomic mass is 10.1. The van der Waals surface area contributed by atoms with Gasteiger partial charge in [-0.25, -0.2) is 19.6 Å². The van der Waals surface area contributed by atoms with Gasteiger partial charge in [-0.3, -0.25) is 9.69 Å². The predicted octanol–water partition coefficient (Wildman–Crippen LogP) is 4.35. The first-order valence-electron chi connectivity index (χ1n) is 10.4. The fourth-order valence-electron chi connectivity index (χ4n) is 2.93. The quantitative estimate of drug-likeness (QED) is 0.394. The van der Waals surface area contributed by atoms with E-state index in [1.54, 1.807) is 38.7 Å². The first-order valence-corrected chi connectivity index (χ1v) is 11.3. The molecule has 31 heavy (non-hydrogen) atoms. The summed E-state index contributed by atoms with van der Waals surface area (Å²) in [6.45, 7) is 9.90. The molecule has 1 amide bonds. The van der Waals surface area contributed by atoms with Crippen molar-refractivity contribution in [3.63, 3.8) is 0 Å². The van der Waals surface area contributed by atoms with Crippen molar-refractivity contribution in [1.29, 1.82) is 0 Å². The third-order valence-electron chi connectivity index (χ3n) is 4.51. The Labute approximate surface area is 186 Å². The zero-order chi connectivity index (χ0) is 23.0. The van der Waals surface area contributed by atoms with Gasteiger partial charge < -0.3 is 9.47 Å². The second-order valence-electron chi connectivity index (χ2n) is 6.85. The number of anilines is 1. The van der Waals surface area contributed by atoms with Crippen LogP contribution in [0.2, 0.25) is 0 Å². The van der Waals surface area contributed by atoms with Gasteiger partial charge in [-0.1, -0.05) is 31.1 Å². The van der Waals surface area contributed by atoms with Gasteiger partial charge in [0.2, 0.25) is 0 Å². The average molecular weight is 448 g/mol. The standard InChI is InChI=1S/C22H29N3O5S/c1-6-9-10-13-25(22-24-15(5)18(31-22)21(28)30-8-3)19(26)17-12-11-16(14(4)23-17)20(27)29-7-2/h11-12H,6-10,13H2,1-5H3. The molecular formula is C22H29N3O5S. The van der Waals surface area contributed by atoms with E-state index < -0.39 is 11.9 Å². The largest absolute Gasteiger partial charge is 0.462 e. The molecule has 0 fully saturated rings. The molecule has 0 unspecified atom stereocenters. The van der Waals surface area contributed by atoms with Crippen molar-refractivity contribution in [1.82, 2.24) is 9.97 Å². The molecule has 2 rings (SSSR count). The highest BCUT2D eigenvalue weighted by Gasteiger charge is 2.26. The maximum absolute atomic E-state index is 13.3. The van der Waals surface area contributed by atoms with Gasteiger partial charge in [-0.2, -0.15) is 0 Å². The molecule has 0 aliphatic rings. The number of hydrogen-bond acceptors (Lipinski definition) is 8. The number of aryl methyl sites for hydroxylation is 2. The topological polar surface area (TPSA) is 98.7 Å². The number of esters is 2. The van der Waals surface area contributed by atoms with Gasteiger partial charge in [-0.05, 0) is 46.2 Å². The molecule has 168 valence electrons. The Kier molecular flexibility index (Phi) is 9.11. The lowest BCUT2D eigenvalue weighted by Crippen LogP contribution is -2.32. The Balaban J connectivity index is 2.36. The fraction of sp³-hybridized carbons (Fsp3) is 0.500. The molecular weight excluding hydrogens is 418 g/mol. The van der Waals surface area contributed by atoms with E-state index in [9.17, 15) is 14.4 Å². The van der Waals surface area contributed by atoms with Crippen LogP contribution in [0.1, 0.15) is 81.9 Å². The predicted molar refractivity (Wildman–Crippen MR) is 119 cm³/mol. The van der Waals surface area contributed by atoms with Crippen LogP contribution in [0.5, 0.6) is 0 Å². The summed E-state index contributed by atoms with van der Waals surface area (Å²) in [5.41, 5.74) is 1.46. The highest BCUT2D eigenvalue weighted by molar-refractivity contribution is 7.17. The number of unbranched alkanes of at least 4 members (excludes halogenated alkanes) is 2. The molecule has 0 bridgehead atoms. The van der Waals surface area contributed by atoms with Gasteiger partial charge in [0, 0.05) is 6.54 Å². The van der Waals surface area contributed by atoms with Gasteiger partial charge in [0.05, 0.1) is 30.2 Å². The molecule has 0 aliphatic carbocycles. The van der Waals surface area contributed by atoms with Gasteiger partial charge in [0.15, 0.2) is 5.13 Å². The van der Waals surface area contributed by atoms with Crippen LogP contribution in [0.4, 0.5) is 5.13 Å². The molecule has 8 nitrogen and oxygen atoms in total. The molecule has 0 aliphatic heterocycles. The number of amides is 1. The number of ether oxygens (including phenoxy) is 2. The van der Waals surface area contributed by atoms with Crippen LogP contribution >= 0.6 is 11.3 Å². The fourth-order valence-corrected chi connectivity index (χ4v) is 3.92. The van der Waals surface area contributed by atoms with Crippen molar-refractivity contribution in [3.05, 3.63) is 39.7 Å². The summed E-state index contributed by atoms with van der Waals surface area (Å²) in [6.07, 6.45) is 2.74. The lowest BCUT2D eigenvalue weighted by molar-refractivity contribution is 0.0517. The van der Waals surface area contributed by atoms with Gasteiger partial charge in [-0.15, -0.1) is 0 Å². The van der Waals surface area contributed by atoms with Crippen LogP contribution in [-0.2, 0) is 9.47 Å². The van der Waals surface area contributed by atoms with Gasteiger partial charge in [0.25, 0.3) is 5.91 Å². The molecule has 0 spiro atoms. The van der Waals surface area contributed by atoms with Crippen molar-refractivity contribution in [2.75, 3.05) is 24.7 Å². The van der Waals surface area contributed by atoms with Crippen molar-refractivity contribution >= 4 is 34.3 Å². The highest BCUT2D eigenvalue weighted by Crippen LogP contribution is 2.28. The van der Waals surface area contributed by atoms with Crippen molar-refractivity contribution in [2.45, 2.75) is 53.9 Å². The average Bonchev–Trinajstić information content (AvgIpc) is 3.12. The molecule has 2 aromatic heterocycles. The zero-order valence-electron chi connectivity index (χ0n) is 18.7. The number of carbonyl (C=O) groups excluding carboxylic acids is 3. The van der Waals surface area contributed by atoms with E-state index in [2.05, 4.69) is 16.9 Å². The second kappa shape index (κ2) is 11.5. The number of rotatable bonds is 10. The number of thiazole rings is 1. The Hall–Kier alpha value is -2.81. The van der Waals surface area contributed by atoms with Crippen molar-refractivity contribution in [2.24, 2.45) is 0 Å². The lowest BCUT2D eigenvalue weighted by Gasteiger charge is -2.20. The molecule has 2 aromatic rings. The summed E-state index contributed by atoms with van der Waals surface area (Å²) < 4.78 is 10.1. The minimum absolute atomic E-state index is 0.201. The molecule has 0 N–H and O–H groups in total. The maximum Gasteiger partial charge on any atom is 0.350 e. The van der Waals surface area contributed by atoms with E-state index in [4.69, 9.17) is 9.47 Å². The Morgan fingerprint density at radius 2 is 1.61 bits per heavy atom. The Bertz CT molecular complexity index is 941. The minimum Gasteiger partial charge on any atom is -0.462 e. The summed E-state index contributed by atoms with van der Waals surface area (Å²) in [7, 11) is 0. The summed E-state index contributed by atoms with van der Waals surface area (Å²) in [5.74, 6) is -1.25. The van der Waals surface area contributed by atoms with E-state index in [0.717, 1.165) is 30.6 Å². The minimum atomic E-state index is -0.471. The smallest absolute Gasteiger partial charge is 0.350 e. The Morgan fingerprint density at radius 1 is 0.935 bits per heavy atom. The highest BCUT2D eigenvalue weighted by atomic mass is 32.1. The number of aromatic nitrogens is 2. The SMILES string of the molecule is CCCCCN(C(=O)c1ccc(C(=O)OCC)c(C)n1)c1nc(C)c(C(=O)OCC)s1. The molecule has 0 aromatic carbocycles. The van der Waals surface area contributed by atoms with Crippen LogP contribution in [0.15, 0.2) is 12.1 Å². The van der Waals surface area contributed by atoms with Crippen LogP contribution in [-0.4, -0.2) is 47.6 Å². The first-order chi connectivity index (χ1) is 14.8. The summed E-state index contributed by atoms with van der Waals surface area (Å²) in [6, 6.07) is 3.07. The number of pyridine rings is 1. The summed E-state index contributed by atoms with van der Waals surface area (Å²) in [4.78, 5) is 48.2. The molecule has 0 saturated heterocycles. The van der Waals surface area contributed by atoms with Crippen LogP contribution in [0.25, 0.3) is 0 Å². The molecule has 2 heterocycles. The zero-order valence-corrected chi connectivity index (χ0v) is 19.5. The van der Waals surface area contributed by atoms with Gasteiger partial charge >= 0.3 is 11.9 Å². The van der Waals surface area contributed by atoms with E-state index >= 15 is 0 Å². The third-order valence-corrected chi connectivity index (χ3v) is 5.67. The van der Waals surface area contributed by atoms with E-state index in [1.807, 2.05) is 0 Å². The molecule has 0 atom stereocenters. The normalized spacial score (nSPS) is 10.6. The maximum atomic E-state index is 13.3. The van der Waals surface area contributed by atoms with E-state index in [0.29, 0.717) is 33.5 Å². The number of hydrogen-bond donors (Lipinski definition) is 0. The number of nitrogens with zero attached hydrogens (tertiary/aromatic N) is 3. The third kappa shape index (κ3) is 6.10. The molecule has 0 radical (unpaired) electrons. The Morgan fingerprint density at radius 3 is 2.23 bits per heavy atom. The van der Waals surface area contributed by atoms with Crippen molar-refractivity contribution in [3.8, 4) is 0 Å². The summed E-state index contributed by atoms with van der Waals surface area (Å²) in [5, 5.41) is 0.426. The van der Waals surface area contributed by atoms with Crippen LogP contribution < -0.4 is 4.90 Å². The van der Waals surface area contributed by atoms with E-state index in [-0.39, 0.29) is 24.8 Å². The second-order valence-corrected chi connectivity index (χ2v) is 7.82. The van der Waals surface area contributed by atoms with Gasteiger partial charge in [0.1, 0.15) is 10.6 Å². The van der Waals surface area contributed by atoms with Crippen molar-refractivity contribution < 1.29 is 23.9 Å². The monoisotopic (exact) mass is 447 g/mol. The summed E-state index contributed by atoms with van der Waals surface area (Å²) >= 11 is 1.13. The van der Waals surface area contributed by atoms with Crippen LogP contribution in [0, 0.1) is 13.8 Å². The first kappa shape index (κ1) is 24.5. The molecule has 9 heteroatoms. The van der Waals surface area contributed by atoms with E-state index in [1.165, 1.54) is 6.07 Å².